The van der Waals surface area contributed by atoms with Crippen LogP contribution in [-0.4, -0.2) is 28.7 Å². The van der Waals surface area contributed by atoms with Gasteiger partial charge in [0.25, 0.3) is 0 Å². The van der Waals surface area contributed by atoms with Gasteiger partial charge in [0.05, 0.1) is 10.5 Å². The van der Waals surface area contributed by atoms with E-state index < -0.39 is 10.0 Å². The maximum absolute atomic E-state index is 12.1. The topological polar surface area (TPSA) is 105 Å². The molecule has 0 amide bonds. The summed E-state index contributed by atoms with van der Waals surface area (Å²) in [6.07, 6.45) is 2.49. The van der Waals surface area contributed by atoms with Gasteiger partial charge in [-0.05, 0) is 37.5 Å². The average Bonchev–Trinajstić information content (AvgIpc) is 2.42. The van der Waals surface area contributed by atoms with Gasteiger partial charge in [0.2, 0.25) is 10.0 Å². The first-order chi connectivity index (χ1) is 9.51. The van der Waals surface area contributed by atoms with Crippen LogP contribution in [0.2, 0.25) is 0 Å². The number of methoxy groups -OCH3 is 1. The summed E-state index contributed by atoms with van der Waals surface area (Å²) in [4.78, 5) is -0.0360. The molecule has 0 spiro atoms. The number of anilines is 1. The molecule has 0 unspecified atom stereocenters. The number of nitrogens with two attached hydrogens (primary N) is 1. The zero-order chi connectivity index (χ0) is 15.0. The molecule has 0 aliphatic rings. The van der Waals surface area contributed by atoms with Crippen molar-refractivity contribution in [3.63, 3.8) is 0 Å². The number of hydrogen-bond donors (Lipinski definition) is 2. The van der Waals surface area contributed by atoms with Crippen LogP contribution in [0.1, 0.15) is 24.8 Å². The molecule has 7 heteroatoms. The number of sulfonamides is 1. The minimum Gasteiger partial charge on any atom is -0.399 e. The Morgan fingerprint density at radius 2 is 2.10 bits per heavy atom. The van der Waals surface area contributed by atoms with Gasteiger partial charge in [-0.25, -0.2) is 13.1 Å². The zero-order valence-corrected chi connectivity index (χ0v) is 12.2. The fourth-order valence-corrected chi connectivity index (χ4v) is 2.91. The molecule has 1 aromatic rings. The molecular formula is C13H19N3O3S. The van der Waals surface area contributed by atoms with E-state index in [9.17, 15) is 8.42 Å². The Morgan fingerprint density at radius 3 is 2.75 bits per heavy atom. The summed E-state index contributed by atoms with van der Waals surface area (Å²) >= 11 is 0. The molecule has 0 heterocycles. The molecule has 20 heavy (non-hydrogen) atoms. The first-order valence-electron chi connectivity index (χ1n) is 6.29. The third-order valence-corrected chi connectivity index (χ3v) is 4.25. The largest absolute Gasteiger partial charge is 0.399 e. The Balaban J connectivity index is 2.63. The van der Waals surface area contributed by atoms with Gasteiger partial charge < -0.3 is 10.5 Å². The fourth-order valence-electron chi connectivity index (χ4n) is 1.70. The van der Waals surface area contributed by atoms with E-state index in [1.54, 1.807) is 7.11 Å². The van der Waals surface area contributed by atoms with Gasteiger partial charge in [-0.15, -0.1) is 0 Å². The maximum Gasteiger partial charge on any atom is 0.241 e. The number of nitriles is 1. The fraction of sp³-hybridized carbons (Fsp3) is 0.462. The molecule has 0 aliphatic carbocycles. The van der Waals surface area contributed by atoms with Crippen LogP contribution in [0.5, 0.6) is 0 Å². The highest BCUT2D eigenvalue weighted by atomic mass is 32.2. The SMILES string of the molecule is COCCCCCNS(=O)(=O)c1ccc(N)cc1C#N. The van der Waals surface area contributed by atoms with Crippen molar-refractivity contribution < 1.29 is 13.2 Å². The summed E-state index contributed by atoms with van der Waals surface area (Å²) in [7, 11) is -2.04. The lowest BCUT2D eigenvalue weighted by molar-refractivity contribution is 0.192. The van der Waals surface area contributed by atoms with Gasteiger partial charge in [-0.2, -0.15) is 5.26 Å². The number of rotatable bonds is 8. The predicted molar refractivity (Wildman–Crippen MR) is 76.5 cm³/mol. The van der Waals surface area contributed by atoms with Crippen molar-refractivity contribution in [1.82, 2.24) is 4.72 Å². The lowest BCUT2D eigenvalue weighted by Gasteiger charge is -2.08. The highest BCUT2D eigenvalue weighted by Gasteiger charge is 2.17. The van der Waals surface area contributed by atoms with Crippen LogP contribution in [0.4, 0.5) is 5.69 Å². The molecular weight excluding hydrogens is 278 g/mol. The molecule has 0 saturated heterocycles. The first kappa shape index (κ1) is 16.4. The Hall–Kier alpha value is -1.62. The van der Waals surface area contributed by atoms with Gasteiger partial charge in [0, 0.05) is 25.9 Å². The molecule has 0 saturated carbocycles. The number of hydrogen-bond acceptors (Lipinski definition) is 5. The van der Waals surface area contributed by atoms with E-state index in [-0.39, 0.29) is 10.5 Å². The zero-order valence-electron chi connectivity index (χ0n) is 11.4. The predicted octanol–water partition coefficient (Wildman–Crippen LogP) is 1.24. The number of benzene rings is 1. The standard InChI is InChI=1S/C13H19N3O3S/c1-19-8-4-2-3-7-16-20(17,18)13-6-5-12(15)9-11(13)10-14/h5-6,9,16H,2-4,7-8,15H2,1H3. The normalized spacial score (nSPS) is 11.2. The molecule has 1 rings (SSSR count). The van der Waals surface area contributed by atoms with Gasteiger partial charge in [0.1, 0.15) is 6.07 Å². The quantitative estimate of drug-likeness (QED) is 0.554. The van der Waals surface area contributed by atoms with Crippen molar-refractivity contribution in [2.45, 2.75) is 24.2 Å². The Morgan fingerprint density at radius 1 is 1.35 bits per heavy atom. The Bertz CT molecular complexity index is 579. The highest BCUT2D eigenvalue weighted by Crippen LogP contribution is 2.17. The van der Waals surface area contributed by atoms with E-state index in [4.69, 9.17) is 15.7 Å². The minimum absolute atomic E-state index is 0.0360. The summed E-state index contributed by atoms with van der Waals surface area (Å²) in [5.74, 6) is 0. The Labute approximate surface area is 119 Å². The second-order valence-corrected chi connectivity index (χ2v) is 6.05. The van der Waals surface area contributed by atoms with E-state index in [1.165, 1.54) is 18.2 Å². The van der Waals surface area contributed by atoms with Crippen LogP contribution in [0, 0.1) is 11.3 Å². The van der Waals surface area contributed by atoms with E-state index in [2.05, 4.69) is 4.72 Å². The lowest BCUT2D eigenvalue weighted by atomic mass is 10.2. The lowest BCUT2D eigenvalue weighted by Crippen LogP contribution is -2.25. The molecule has 0 fully saturated rings. The van der Waals surface area contributed by atoms with Crippen LogP contribution in [0.25, 0.3) is 0 Å². The molecule has 0 atom stereocenters. The number of nitrogens with one attached hydrogen (secondary N) is 1. The van der Waals surface area contributed by atoms with E-state index in [0.29, 0.717) is 18.8 Å². The molecule has 0 radical (unpaired) electrons. The van der Waals surface area contributed by atoms with Crippen LogP contribution in [0.15, 0.2) is 23.1 Å². The highest BCUT2D eigenvalue weighted by molar-refractivity contribution is 7.89. The van der Waals surface area contributed by atoms with Gasteiger partial charge in [-0.1, -0.05) is 0 Å². The van der Waals surface area contributed by atoms with E-state index in [0.717, 1.165) is 19.3 Å². The van der Waals surface area contributed by atoms with Crippen molar-refractivity contribution >= 4 is 15.7 Å². The minimum atomic E-state index is -3.67. The molecule has 0 aliphatic heterocycles. The molecule has 6 nitrogen and oxygen atoms in total. The summed E-state index contributed by atoms with van der Waals surface area (Å²) in [6.45, 7) is 1.00. The average molecular weight is 297 g/mol. The van der Waals surface area contributed by atoms with Crippen molar-refractivity contribution in [2.24, 2.45) is 0 Å². The van der Waals surface area contributed by atoms with Crippen LogP contribution >= 0.6 is 0 Å². The second-order valence-electron chi connectivity index (χ2n) is 4.32. The van der Waals surface area contributed by atoms with Crippen LogP contribution in [0.3, 0.4) is 0 Å². The van der Waals surface area contributed by atoms with Gasteiger partial charge >= 0.3 is 0 Å². The van der Waals surface area contributed by atoms with Crippen LogP contribution < -0.4 is 10.5 Å². The van der Waals surface area contributed by atoms with Gasteiger partial charge in [0.15, 0.2) is 0 Å². The third kappa shape index (κ3) is 4.81. The molecule has 0 aromatic heterocycles. The maximum atomic E-state index is 12.1. The van der Waals surface area contributed by atoms with E-state index in [1.807, 2.05) is 6.07 Å². The number of ether oxygens (including phenoxy) is 1. The third-order valence-electron chi connectivity index (χ3n) is 2.73. The molecule has 110 valence electrons. The van der Waals surface area contributed by atoms with Crippen molar-refractivity contribution in [2.75, 3.05) is 26.0 Å². The van der Waals surface area contributed by atoms with Crippen LogP contribution in [-0.2, 0) is 14.8 Å². The number of nitrogens with zero attached hydrogens (tertiary/aromatic N) is 1. The Kier molecular flexibility index (Phi) is 6.45. The smallest absolute Gasteiger partial charge is 0.241 e. The van der Waals surface area contributed by atoms with Crippen molar-refractivity contribution in [1.29, 1.82) is 5.26 Å². The molecule has 3 N–H and O–H groups in total. The first-order valence-corrected chi connectivity index (χ1v) is 7.78. The number of unbranched alkanes of at least 4 members (excludes halogenated alkanes) is 2. The number of nitrogen functional groups attached to an aromatic ring is 1. The van der Waals surface area contributed by atoms with E-state index >= 15 is 0 Å². The summed E-state index contributed by atoms with van der Waals surface area (Å²) in [5.41, 5.74) is 5.95. The summed E-state index contributed by atoms with van der Waals surface area (Å²) < 4.78 is 31.6. The van der Waals surface area contributed by atoms with Crippen molar-refractivity contribution in [3.8, 4) is 6.07 Å². The van der Waals surface area contributed by atoms with Gasteiger partial charge in [-0.3, -0.25) is 0 Å². The molecule has 0 bridgehead atoms. The molecule has 1 aromatic carbocycles. The second kappa shape index (κ2) is 7.85. The monoisotopic (exact) mass is 297 g/mol. The summed E-state index contributed by atoms with van der Waals surface area (Å²) in [5, 5.41) is 8.96. The summed E-state index contributed by atoms with van der Waals surface area (Å²) in [6, 6.07) is 6.01. The van der Waals surface area contributed by atoms with Crippen molar-refractivity contribution in [3.05, 3.63) is 23.8 Å².